The van der Waals surface area contributed by atoms with Gasteiger partial charge in [0.25, 0.3) is 11.8 Å². The Morgan fingerprint density at radius 3 is 2.42 bits per heavy atom. The molecule has 4 aromatic carbocycles. The quantitative estimate of drug-likeness (QED) is 0.0293. The van der Waals surface area contributed by atoms with E-state index in [-0.39, 0.29) is 92.9 Å². The number of nitrogens with zero attached hydrogens (tertiary/aromatic N) is 3. The van der Waals surface area contributed by atoms with Gasteiger partial charge in [-0.1, -0.05) is 91.0 Å². The number of nitrogens with one attached hydrogen (secondary N) is 3. The monoisotopic (exact) mass is 1140 g/mol. The van der Waals surface area contributed by atoms with Crippen LogP contribution in [0.4, 0.5) is 14.5 Å². The summed E-state index contributed by atoms with van der Waals surface area (Å²) in [5.74, 6) is 2.74. The molecule has 0 spiro atoms. The van der Waals surface area contributed by atoms with Gasteiger partial charge < -0.3 is 39.9 Å². The molecule has 2 fully saturated rings. The number of thiophene rings is 1. The Bertz CT molecular complexity index is 3210. The Hall–Kier alpha value is -6.66. The SMILES string of the molecule is CC(C)(C)[C@H](NC(=O)c1cc2cc(C(F)(F)P(=O)(O)O)ccc2s1)C(=O)N1C[C@@H](OCc2ccccc2)C[C@H]1C(=O)N(CCC(=O)NCCC#Cc1cccc2c1CN(C1CCC(=O)NC1=O)C2=O)c1ccc(Br)cc1. The normalized spacial score (nSPS) is 18.2. The number of imide groups is 1. The molecule has 22 heteroatoms. The van der Waals surface area contributed by atoms with Crippen molar-refractivity contribution >= 4 is 92.0 Å². The molecule has 0 aliphatic carbocycles. The van der Waals surface area contributed by atoms with Crippen LogP contribution >= 0.6 is 34.9 Å². The summed E-state index contributed by atoms with van der Waals surface area (Å²) in [5.41, 5.74) is -3.33. The van der Waals surface area contributed by atoms with Gasteiger partial charge in [-0.05, 0) is 82.9 Å². The molecule has 4 atom stereocenters. The van der Waals surface area contributed by atoms with E-state index < -0.39 is 72.1 Å². The number of alkyl halides is 2. The summed E-state index contributed by atoms with van der Waals surface area (Å²) in [5, 5.41) is 8.11. The van der Waals surface area contributed by atoms with Gasteiger partial charge in [0.1, 0.15) is 18.1 Å². The second kappa shape index (κ2) is 22.9. The van der Waals surface area contributed by atoms with Crippen LogP contribution in [0.15, 0.2) is 102 Å². The van der Waals surface area contributed by atoms with E-state index in [1.807, 2.05) is 30.3 Å². The minimum absolute atomic E-state index is 0.0279. The van der Waals surface area contributed by atoms with Crippen LogP contribution in [0.2, 0.25) is 0 Å². The molecule has 0 bridgehead atoms. The maximum Gasteiger partial charge on any atom is 0.399 e. The Morgan fingerprint density at radius 2 is 1.72 bits per heavy atom. The fourth-order valence-corrected chi connectivity index (χ4v) is 11.0. The molecule has 0 saturated carbocycles. The molecule has 4 heterocycles. The average molecular weight is 1140 g/mol. The van der Waals surface area contributed by atoms with Gasteiger partial charge in [0, 0.05) is 83.4 Å². The fourth-order valence-electron chi connectivity index (χ4n) is 9.31. The number of hydrogen-bond acceptors (Lipinski definition) is 10. The molecule has 398 valence electrons. The molecule has 3 aliphatic heterocycles. The van der Waals surface area contributed by atoms with Crippen molar-refractivity contribution in [2.75, 3.05) is 24.5 Å². The van der Waals surface area contributed by atoms with Crippen molar-refractivity contribution in [1.82, 2.24) is 25.8 Å². The number of ether oxygens (including phenoxy) is 1. The number of halogens is 3. The zero-order valence-electron chi connectivity index (χ0n) is 41.5. The van der Waals surface area contributed by atoms with Gasteiger partial charge in [-0.3, -0.25) is 43.4 Å². The standard InChI is InChI=1S/C54H54BrF2N6O11PS/c1-53(2,3)47(60-49(67)44-27-34-26-35(15-21-43(34)76-44)54(56,57)75(71,72)73)52(70)62-29-38(74-31-32-10-5-4-6-11-32)28-42(62)51(69)61(37-18-16-36(55)17-19-37)25-23-45(64)58-24-8-7-12-33-13-9-14-39-40(33)30-63(50(39)68)41-20-22-46(65)59-48(41)66/h4-6,9-11,13-19,21,26-27,38,41-42,47H,8,20,22-25,28-31H2,1-3H3,(H,58,64)(H,60,67)(H,59,65,66)(H2,71,72,73)/t38-,41?,42-,47+/m0/s1. The van der Waals surface area contributed by atoms with Gasteiger partial charge in [0.05, 0.1) is 17.6 Å². The Labute approximate surface area is 449 Å². The second-order valence-electron chi connectivity index (χ2n) is 19.7. The number of rotatable bonds is 16. The summed E-state index contributed by atoms with van der Waals surface area (Å²) < 4.78 is 48.3. The predicted octanol–water partition coefficient (Wildman–Crippen LogP) is 6.96. The lowest BCUT2D eigenvalue weighted by molar-refractivity contribution is -0.141. The molecule has 2 saturated heterocycles. The van der Waals surface area contributed by atoms with Crippen molar-refractivity contribution in [2.45, 2.75) is 95.9 Å². The number of carbonyl (C=O) groups excluding carboxylic acids is 7. The van der Waals surface area contributed by atoms with Crippen LogP contribution in [-0.2, 0) is 52.1 Å². The molecule has 5 N–H and O–H groups in total. The molecule has 0 radical (unpaired) electrons. The highest BCUT2D eigenvalue weighted by Crippen LogP contribution is 2.59. The second-order valence-corrected chi connectivity index (χ2v) is 23.4. The minimum atomic E-state index is -5.87. The molecule has 1 aromatic heterocycles. The molecule has 3 aliphatic rings. The van der Waals surface area contributed by atoms with Gasteiger partial charge in [0.2, 0.25) is 29.5 Å². The first-order valence-corrected chi connectivity index (χ1v) is 27.6. The zero-order valence-corrected chi connectivity index (χ0v) is 44.8. The Morgan fingerprint density at radius 1 is 0.987 bits per heavy atom. The number of carbonyl (C=O) groups is 7. The highest BCUT2D eigenvalue weighted by Gasteiger charge is 2.51. The third kappa shape index (κ3) is 12.4. The van der Waals surface area contributed by atoms with E-state index in [0.717, 1.165) is 33.5 Å². The summed E-state index contributed by atoms with van der Waals surface area (Å²) in [6, 6.07) is 22.6. The molecule has 1 unspecified atom stereocenters. The lowest BCUT2D eigenvalue weighted by Crippen LogP contribution is -2.58. The van der Waals surface area contributed by atoms with Crippen LogP contribution in [0.25, 0.3) is 10.1 Å². The Balaban J connectivity index is 0.970. The number of fused-ring (bicyclic) bond motifs is 2. The number of likely N-dealkylation sites (tertiary alicyclic amines) is 1. The van der Waals surface area contributed by atoms with Gasteiger partial charge in [-0.25, -0.2) is 0 Å². The van der Waals surface area contributed by atoms with Crippen molar-refractivity contribution in [2.24, 2.45) is 5.41 Å². The average Bonchev–Trinajstić information content (AvgIpc) is 4.10. The smallest absolute Gasteiger partial charge is 0.372 e. The summed E-state index contributed by atoms with van der Waals surface area (Å²) in [6.07, 6.45) is -0.0838. The highest BCUT2D eigenvalue weighted by molar-refractivity contribution is 9.10. The van der Waals surface area contributed by atoms with Crippen LogP contribution in [-0.4, -0.2) is 105 Å². The largest absolute Gasteiger partial charge is 0.399 e. The predicted molar refractivity (Wildman–Crippen MR) is 282 cm³/mol. The number of anilines is 1. The zero-order chi connectivity index (χ0) is 54.7. The molecule has 76 heavy (non-hydrogen) atoms. The van der Waals surface area contributed by atoms with Crippen molar-refractivity contribution < 1.29 is 61.4 Å². The van der Waals surface area contributed by atoms with E-state index in [1.165, 1.54) is 26.8 Å². The third-order valence-electron chi connectivity index (χ3n) is 13.3. The first-order valence-electron chi connectivity index (χ1n) is 24.3. The topological polar surface area (TPSA) is 232 Å². The number of benzene rings is 4. The highest BCUT2D eigenvalue weighted by atomic mass is 79.9. The van der Waals surface area contributed by atoms with Crippen LogP contribution in [0.1, 0.15) is 95.2 Å². The fraction of sp³-hybridized carbons (Fsp3) is 0.352. The van der Waals surface area contributed by atoms with E-state index >= 15 is 9.59 Å². The van der Waals surface area contributed by atoms with Gasteiger partial charge in [-0.15, -0.1) is 11.3 Å². The molecule has 7 amide bonds. The van der Waals surface area contributed by atoms with E-state index in [1.54, 1.807) is 63.2 Å². The summed E-state index contributed by atoms with van der Waals surface area (Å²) >= 11 is 4.38. The van der Waals surface area contributed by atoms with Gasteiger partial charge in [0.15, 0.2) is 0 Å². The molecular formula is C54H54BrF2N6O11PS. The lowest BCUT2D eigenvalue weighted by atomic mass is 9.85. The molecule has 5 aromatic rings. The maximum absolute atomic E-state index is 15.1. The molecule has 8 rings (SSSR count). The lowest BCUT2D eigenvalue weighted by Gasteiger charge is -2.36. The summed E-state index contributed by atoms with van der Waals surface area (Å²) in [4.78, 5) is 118. The molecular weight excluding hydrogens is 1090 g/mol. The molecule has 17 nitrogen and oxygen atoms in total. The van der Waals surface area contributed by atoms with E-state index in [0.29, 0.717) is 27.1 Å². The van der Waals surface area contributed by atoms with Crippen LogP contribution in [0.3, 0.4) is 0 Å². The van der Waals surface area contributed by atoms with Crippen molar-refractivity contribution in [3.63, 3.8) is 0 Å². The number of hydrogen-bond donors (Lipinski definition) is 5. The number of amides is 7. The van der Waals surface area contributed by atoms with Crippen LogP contribution < -0.4 is 20.9 Å². The maximum atomic E-state index is 15.1. The van der Waals surface area contributed by atoms with Crippen molar-refractivity contribution in [3.8, 4) is 11.8 Å². The van der Waals surface area contributed by atoms with E-state index in [4.69, 9.17) is 4.74 Å². The van der Waals surface area contributed by atoms with Gasteiger partial charge in [-0.2, -0.15) is 8.78 Å². The Kier molecular flexibility index (Phi) is 16.7. The van der Waals surface area contributed by atoms with Gasteiger partial charge >= 0.3 is 13.3 Å². The first kappa shape index (κ1) is 55.6. The first-order chi connectivity index (χ1) is 36.0. The van der Waals surface area contributed by atoms with Crippen molar-refractivity contribution in [3.05, 3.63) is 134 Å². The minimum Gasteiger partial charge on any atom is -0.372 e. The third-order valence-corrected chi connectivity index (χ3v) is 16.0. The summed E-state index contributed by atoms with van der Waals surface area (Å²) in [6.45, 7) is 5.59. The van der Waals surface area contributed by atoms with Crippen molar-refractivity contribution in [1.29, 1.82) is 0 Å². The number of piperidine rings is 1. The van der Waals surface area contributed by atoms with Crippen LogP contribution in [0, 0.1) is 17.3 Å². The van der Waals surface area contributed by atoms with E-state index in [2.05, 4.69) is 43.7 Å². The van der Waals surface area contributed by atoms with Crippen LogP contribution in [0.5, 0.6) is 0 Å². The van der Waals surface area contributed by atoms with E-state index in [9.17, 15) is 47.1 Å². The summed E-state index contributed by atoms with van der Waals surface area (Å²) in [7, 11) is -5.87.